The van der Waals surface area contributed by atoms with Gasteiger partial charge in [-0.15, -0.1) is 0 Å². The topological polar surface area (TPSA) is 67.9 Å². The van der Waals surface area contributed by atoms with Gasteiger partial charge in [0.05, 0.1) is 5.69 Å². The van der Waals surface area contributed by atoms with Crippen molar-refractivity contribution >= 4 is 17.7 Å². The Balaban J connectivity index is 1.78. The van der Waals surface area contributed by atoms with Gasteiger partial charge < -0.3 is 14.8 Å². The molecule has 0 radical (unpaired) electrons. The molecule has 1 N–H and O–H groups in total. The molecule has 6 nitrogen and oxygen atoms in total. The van der Waals surface area contributed by atoms with Crippen molar-refractivity contribution in [1.29, 1.82) is 0 Å². The quantitative estimate of drug-likeness (QED) is 0.639. The Hall–Kier alpha value is -3.09. The molecular weight excluding hydrogens is 399 g/mol. The van der Waals surface area contributed by atoms with Crippen LogP contribution in [0.25, 0.3) is 0 Å². The minimum atomic E-state index is -1.73. The number of anilines is 1. The maximum Gasteiger partial charge on any atom is 0.412 e. The van der Waals surface area contributed by atoms with Crippen LogP contribution < -0.4 is 10.1 Å². The van der Waals surface area contributed by atoms with Crippen LogP contribution in [-0.4, -0.2) is 35.2 Å². The van der Waals surface area contributed by atoms with Crippen LogP contribution in [0.4, 0.5) is 14.9 Å². The maximum atomic E-state index is 15.6. The number of carbonyl (C=O) groups excluding carboxylic acids is 2. The molecule has 0 saturated carbocycles. The van der Waals surface area contributed by atoms with Gasteiger partial charge in [0.1, 0.15) is 11.4 Å². The van der Waals surface area contributed by atoms with Crippen molar-refractivity contribution in [3.8, 4) is 5.75 Å². The fourth-order valence-corrected chi connectivity index (χ4v) is 3.27. The molecule has 0 aromatic heterocycles. The first kappa shape index (κ1) is 22.6. The zero-order valence-electron chi connectivity index (χ0n) is 18.4. The number of benzene rings is 2. The zero-order valence-corrected chi connectivity index (χ0v) is 18.4. The summed E-state index contributed by atoms with van der Waals surface area (Å²) in [6.45, 7) is 7.05. The van der Waals surface area contributed by atoms with E-state index in [9.17, 15) is 9.59 Å². The highest BCUT2D eigenvalue weighted by Crippen LogP contribution is 2.34. The summed E-state index contributed by atoms with van der Waals surface area (Å²) in [5.41, 5.74) is 0.992. The van der Waals surface area contributed by atoms with Crippen LogP contribution in [0.2, 0.25) is 0 Å². The third-order valence-electron chi connectivity index (χ3n) is 4.82. The van der Waals surface area contributed by atoms with E-state index in [1.807, 2.05) is 30.3 Å². The number of nitrogens with one attached hydrogen (secondary N) is 1. The lowest BCUT2D eigenvalue weighted by Gasteiger charge is -2.30. The second-order valence-corrected chi connectivity index (χ2v) is 8.60. The molecule has 166 valence electrons. The number of hydrogen-bond acceptors (Lipinski definition) is 4. The minimum absolute atomic E-state index is 0.182. The molecule has 7 heteroatoms. The van der Waals surface area contributed by atoms with Gasteiger partial charge >= 0.3 is 6.09 Å². The smallest absolute Gasteiger partial charge is 0.412 e. The Kier molecular flexibility index (Phi) is 6.83. The lowest BCUT2D eigenvalue weighted by molar-refractivity contribution is -0.122. The minimum Gasteiger partial charge on any atom is -0.479 e. The molecule has 1 unspecified atom stereocenters. The van der Waals surface area contributed by atoms with Crippen LogP contribution >= 0.6 is 0 Å². The van der Waals surface area contributed by atoms with Crippen LogP contribution in [0.5, 0.6) is 5.75 Å². The number of ether oxygens (including phenoxy) is 2. The van der Waals surface area contributed by atoms with Crippen LogP contribution in [0.3, 0.4) is 0 Å². The fraction of sp³-hybridized carbons (Fsp3) is 0.417. The second-order valence-electron chi connectivity index (χ2n) is 8.60. The standard InChI is InChI=1S/C24H29FN2O4/c1-16-22(28)26-19-15-18(12-13-20(19)30-16)21(25)27(23(29)31-24(2,3)4)14-8-11-17-9-6-5-7-10-17/h5-7,9-10,12-13,15-16,21H,8,11,14H2,1-4H3,(H,26,28)/t16-,21?/m1/s1. The number of aryl methyl sites for hydroxylation is 1. The van der Waals surface area contributed by atoms with E-state index < -0.39 is 24.1 Å². The van der Waals surface area contributed by atoms with E-state index in [1.165, 1.54) is 6.07 Å². The largest absolute Gasteiger partial charge is 0.479 e. The van der Waals surface area contributed by atoms with Gasteiger partial charge in [-0.2, -0.15) is 0 Å². The molecule has 0 saturated heterocycles. The first-order valence-electron chi connectivity index (χ1n) is 10.4. The highest BCUT2D eigenvalue weighted by atomic mass is 19.1. The summed E-state index contributed by atoms with van der Waals surface area (Å²) in [5, 5.41) is 2.71. The molecule has 0 spiro atoms. The molecule has 2 atom stereocenters. The van der Waals surface area contributed by atoms with Gasteiger partial charge in [-0.05, 0) is 58.2 Å². The van der Waals surface area contributed by atoms with Gasteiger partial charge in [0.2, 0.25) is 6.30 Å². The maximum absolute atomic E-state index is 15.6. The van der Waals surface area contributed by atoms with Crippen molar-refractivity contribution in [2.24, 2.45) is 0 Å². The highest BCUT2D eigenvalue weighted by molar-refractivity contribution is 5.97. The molecular formula is C24H29FN2O4. The van der Waals surface area contributed by atoms with Crippen molar-refractivity contribution in [3.63, 3.8) is 0 Å². The third-order valence-corrected chi connectivity index (χ3v) is 4.82. The fourth-order valence-electron chi connectivity index (χ4n) is 3.27. The molecule has 3 rings (SSSR count). The van der Waals surface area contributed by atoms with Gasteiger partial charge in [0, 0.05) is 12.1 Å². The molecule has 2 amide bonds. The number of rotatable bonds is 6. The van der Waals surface area contributed by atoms with Crippen molar-refractivity contribution in [2.75, 3.05) is 11.9 Å². The summed E-state index contributed by atoms with van der Waals surface area (Å²) in [6.07, 6.45) is -1.78. The highest BCUT2D eigenvalue weighted by Gasteiger charge is 2.31. The lowest BCUT2D eigenvalue weighted by atomic mass is 10.1. The molecule has 0 aliphatic carbocycles. The Bertz CT molecular complexity index is 927. The number of amides is 2. The summed E-state index contributed by atoms with van der Waals surface area (Å²) in [7, 11) is 0. The Morgan fingerprint density at radius 1 is 1.23 bits per heavy atom. The second kappa shape index (κ2) is 9.37. The molecule has 1 aliphatic heterocycles. The molecule has 0 fully saturated rings. The average Bonchev–Trinajstić information content (AvgIpc) is 2.70. The number of fused-ring (bicyclic) bond motifs is 1. The van der Waals surface area contributed by atoms with E-state index in [0.29, 0.717) is 24.3 Å². The van der Waals surface area contributed by atoms with Gasteiger partial charge in [-0.1, -0.05) is 36.4 Å². The Labute approximate surface area is 182 Å². The summed E-state index contributed by atoms with van der Waals surface area (Å²) < 4.78 is 26.5. The summed E-state index contributed by atoms with van der Waals surface area (Å²) in [6, 6.07) is 14.5. The van der Waals surface area contributed by atoms with E-state index in [-0.39, 0.29) is 18.0 Å². The number of hydrogen-bond donors (Lipinski definition) is 1. The molecule has 2 aromatic carbocycles. The number of nitrogens with zero attached hydrogens (tertiary/aromatic N) is 1. The van der Waals surface area contributed by atoms with E-state index in [1.54, 1.807) is 39.8 Å². The van der Waals surface area contributed by atoms with Gasteiger partial charge in [-0.25, -0.2) is 9.18 Å². The lowest BCUT2D eigenvalue weighted by Crippen LogP contribution is -2.39. The van der Waals surface area contributed by atoms with Crippen LogP contribution in [0.15, 0.2) is 48.5 Å². The Morgan fingerprint density at radius 3 is 2.61 bits per heavy atom. The number of carbonyl (C=O) groups is 2. The molecule has 1 heterocycles. The number of halogens is 1. The molecule has 2 aromatic rings. The Morgan fingerprint density at radius 2 is 1.94 bits per heavy atom. The van der Waals surface area contributed by atoms with Crippen LogP contribution in [0.1, 0.15) is 51.5 Å². The van der Waals surface area contributed by atoms with Gasteiger partial charge in [0.25, 0.3) is 5.91 Å². The predicted octanol–water partition coefficient (Wildman–Crippen LogP) is 5.24. The van der Waals surface area contributed by atoms with Gasteiger partial charge in [0.15, 0.2) is 6.10 Å². The third kappa shape index (κ3) is 5.96. The van der Waals surface area contributed by atoms with E-state index in [2.05, 4.69) is 5.32 Å². The SMILES string of the molecule is C[C@H]1Oc2ccc(C(F)N(CCCc3ccccc3)C(=O)OC(C)(C)C)cc2NC1=O. The van der Waals surface area contributed by atoms with Crippen molar-refractivity contribution in [3.05, 3.63) is 59.7 Å². The van der Waals surface area contributed by atoms with Crippen LogP contribution in [0, 0.1) is 0 Å². The molecule has 0 bridgehead atoms. The van der Waals surface area contributed by atoms with Crippen molar-refractivity contribution < 1.29 is 23.5 Å². The summed E-state index contributed by atoms with van der Waals surface area (Å²) in [5.74, 6) is 0.169. The average molecular weight is 429 g/mol. The normalized spacial score (nSPS) is 16.5. The summed E-state index contributed by atoms with van der Waals surface area (Å²) in [4.78, 5) is 25.8. The van der Waals surface area contributed by atoms with E-state index in [4.69, 9.17) is 9.47 Å². The first-order valence-corrected chi connectivity index (χ1v) is 10.4. The summed E-state index contributed by atoms with van der Waals surface area (Å²) >= 11 is 0. The van der Waals surface area contributed by atoms with E-state index >= 15 is 4.39 Å². The molecule has 1 aliphatic rings. The van der Waals surface area contributed by atoms with E-state index in [0.717, 1.165) is 10.5 Å². The first-order chi connectivity index (χ1) is 14.6. The van der Waals surface area contributed by atoms with Crippen molar-refractivity contribution in [1.82, 2.24) is 4.90 Å². The zero-order chi connectivity index (χ0) is 22.6. The predicted molar refractivity (Wildman–Crippen MR) is 117 cm³/mol. The number of alkyl halides is 1. The molecule has 31 heavy (non-hydrogen) atoms. The monoisotopic (exact) mass is 428 g/mol. The van der Waals surface area contributed by atoms with Crippen molar-refractivity contribution in [2.45, 2.75) is 58.5 Å². The van der Waals surface area contributed by atoms with Gasteiger partial charge in [-0.3, -0.25) is 9.69 Å². The van der Waals surface area contributed by atoms with Crippen LogP contribution in [-0.2, 0) is 16.0 Å².